The van der Waals surface area contributed by atoms with Gasteiger partial charge in [0.1, 0.15) is 0 Å². The lowest BCUT2D eigenvalue weighted by atomic mass is 9.96. The molecule has 0 aromatic heterocycles. The van der Waals surface area contributed by atoms with Crippen LogP contribution in [0.1, 0.15) is 31.4 Å². The highest BCUT2D eigenvalue weighted by atomic mass is 16.5. The first-order valence-corrected chi connectivity index (χ1v) is 6.77. The zero-order chi connectivity index (χ0) is 13.7. The summed E-state index contributed by atoms with van der Waals surface area (Å²) in [5.74, 6) is 5.73. The summed E-state index contributed by atoms with van der Waals surface area (Å²) in [5.41, 5.74) is 4.06. The Balaban J connectivity index is 2.34. The Morgan fingerprint density at radius 2 is 1.89 bits per heavy atom. The van der Waals surface area contributed by atoms with Crippen LogP contribution in [0, 0.1) is 0 Å². The maximum Gasteiger partial charge on any atom is 0.0778 e. The molecule has 3 N–H and O–H groups in total. The Kier molecular flexibility index (Phi) is 4.91. The van der Waals surface area contributed by atoms with Crippen molar-refractivity contribution in [1.29, 1.82) is 0 Å². The van der Waals surface area contributed by atoms with Crippen LogP contribution in [-0.4, -0.2) is 13.2 Å². The van der Waals surface area contributed by atoms with E-state index in [1.807, 2.05) is 0 Å². The summed E-state index contributed by atoms with van der Waals surface area (Å²) in [6, 6.07) is 14.8. The fourth-order valence-electron chi connectivity index (χ4n) is 2.52. The van der Waals surface area contributed by atoms with Crippen LogP contribution < -0.4 is 11.3 Å². The van der Waals surface area contributed by atoms with Crippen LogP contribution in [0.4, 0.5) is 0 Å². The van der Waals surface area contributed by atoms with Gasteiger partial charge in [-0.15, -0.1) is 0 Å². The molecular formula is C16H22N2O. The summed E-state index contributed by atoms with van der Waals surface area (Å²) >= 11 is 0. The smallest absolute Gasteiger partial charge is 0.0778 e. The Hall–Kier alpha value is -1.42. The lowest BCUT2D eigenvalue weighted by molar-refractivity contribution is 0.0606. The third-order valence-electron chi connectivity index (χ3n) is 3.56. The number of nitrogens with one attached hydrogen (secondary N) is 1. The van der Waals surface area contributed by atoms with Crippen LogP contribution >= 0.6 is 0 Å². The van der Waals surface area contributed by atoms with E-state index in [1.54, 1.807) is 7.11 Å². The van der Waals surface area contributed by atoms with E-state index in [2.05, 4.69) is 54.8 Å². The predicted octanol–water partition coefficient (Wildman–Crippen LogP) is 3.16. The average molecular weight is 258 g/mol. The van der Waals surface area contributed by atoms with E-state index in [0.717, 1.165) is 12.8 Å². The van der Waals surface area contributed by atoms with E-state index in [0.29, 0.717) is 0 Å². The fraction of sp³-hybridized carbons (Fsp3) is 0.375. The summed E-state index contributed by atoms with van der Waals surface area (Å²) in [7, 11) is 1.74. The van der Waals surface area contributed by atoms with Crippen molar-refractivity contribution in [3.8, 4) is 0 Å². The molecule has 0 radical (unpaired) electrons. The molecule has 2 unspecified atom stereocenters. The van der Waals surface area contributed by atoms with Gasteiger partial charge >= 0.3 is 0 Å². The molecule has 0 saturated carbocycles. The minimum Gasteiger partial charge on any atom is -0.379 e. The van der Waals surface area contributed by atoms with Crippen LogP contribution in [0.15, 0.2) is 42.5 Å². The van der Waals surface area contributed by atoms with Crippen molar-refractivity contribution in [3.05, 3.63) is 48.0 Å². The Morgan fingerprint density at radius 1 is 1.16 bits per heavy atom. The Morgan fingerprint density at radius 3 is 2.53 bits per heavy atom. The molecule has 0 fully saturated rings. The maximum atomic E-state index is 5.73. The van der Waals surface area contributed by atoms with Crippen molar-refractivity contribution < 1.29 is 4.74 Å². The highest BCUT2D eigenvalue weighted by Crippen LogP contribution is 2.25. The van der Waals surface area contributed by atoms with Crippen molar-refractivity contribution in [2.24, 2.45) is 5.84 Å². The fourth-order valence-corrected chi connectivity index (χ4v) is 2.52. The molecule has 0 amide bonds. The quantitative estimate of drug-likeness (QED) is 0.618. The topological polar surface area (TPSA) is 47.3 Å². The van der Waals surface area contributed by atoms with Crippen LogP contribution in [0.2, 0.25) is 0 Å². The van der Waals surface area contributed by atoms with Crippen molar-refractivity contribution >= 4 is 10.8 Å². The number of rotatable bonds is 6. The molecule has 102 valence electrons. The standard InChI is InChI=1S/C16H22N2O/c1-3-6-15(19-2)16(18-17)14-10-9-12-7-4-5-8-13(12)11-14/h4-5,7-11,15-16,18H,3,6,17H2,1-2H3. The first kappa shape index (κ1) is 14.0. The highest BCUT2D eigenvalue weighted by Gasteiger charge is 2.21. The van der Waals surface area contributed by atoms with Gasteiger partial charge in [0, 0.05) is 7.11 Å². The summed E-state index contributed by atoms with van der Waals surface area (Å²) in [4.78, 5) is 0. The lowest BCUT2D eigenvalue weighted by Gasteiger charge is -2.25. The minimum absolute atomic E-state index is 0.0227. The van der Waals surface area contributed by atoms with Crippen LogP contribution in [0.5, 0.6) is 0 Å². The number of fused-ring (bicyclic) bond motifs is 1. The van der Waals surface area contributed by atoms with Crippen LogP contribution in [0.3, 0.4) is 0 Å². The largest absolute Gasteiger partial charge is 0.379 e. The molecule has 0 saturated heterocycles. The van der Waals surface area contributed by atoms with Gasteiger partial charge in [0.15, 0.2) is 0 Å². The van der Waals surface area contributed by atoms with Gasteiger partial charge in [-0.25, -0.2) is 0 Å². The lowest BCUT2D eigenvalue weighted by Crippen LogP contribution is -2.37. The third kappa shape index (κ3) is 3.13. The number of hydrogen-bond acceptors (Lipinski definition) is 3. The third-order valence-corrected chi connectivity index (χ3v) is 3.56. The monoisotopic (exact) mass is 258 g/mol. The summed E-state index contributed by atoms with van der Waals surface area (Å²) < 4.78 is 5.57. The van der Waals surface area contributed by atoms with Gasteiger partial charge in [0.2, 0.25) is 0 Å². The maximum absolute atomic E-state index is 5.73. The van der Waals surface area contributed by atoms with E-state index in [1.165, 1.54) is 16.3 Å². The van der Waals surface area contributed by atoms with Crippen molar-refractivity contribution in [2.45, 2.75) is 31.9 Å². The minimum atomic E-state index is 0.0227. The molecule has 0 aliphatic carbocycles. The Bertz CT molecular complexity index is 527. The van der Waals surface area contributed by atoms with Gasteiger partial charge in [-0.3, -0.25) is 11.3 Å². The van der Waals surface area contributed by atoms with E-state index in [9.17, 15) is 0 Å². The number of ether oxygens (including phenoxy) is 1. The van der Waals surface area contributed by atoms with Gasteiger partial charge < -0.3 is 4.74 Å². The van der Waals surface area contributed by atoms with Crippen molar-refractivity contribution in [3.63, 3.8) is 0 Å². The van der Waals surface area contributed by atoms with Gasteiger partial charge in [-0.2, -0.15) is 0 Å². The second kappa shape index (κ2) is 6.66. The van der Waals surface area contributed by atoms with Gasteiger partial charge in [-0.05, 0) is 28.8 Å². The van der Waals surface area contributed by atoms with Gasteiger partial charge in [0.25, 0.3) is 0 Å². The molecule has 0 aliphatic rings. The number of hydrogen-bond donors (Lipinski definition) is 2. The van der Waals surface area contributed by atoms with Gasteiger partial charge in [-0.1, -0.05) is 49.7 Å². The molecule has 0 aliphatic heterocycles. The number of nitrogens with two attached hydrogens (primary N) is 1. The van der Waals surface area contributed by atoms with Gasteiger partial charge in [0.05, 0.1) is 12.1 Å². The highest BCUT2D eigenvalue weighted by molar-refractivity contribution is 5.83. The second-order valence-electron chi connectivity index (χ2n) is 4.81. The van der Waals surface area contributed by atoms with E-state index < -0.39 is 0 Å². The van der Waals surface area contributed by atoms with Crippen molar-refractivity contribution in [2.75, 3.05) is 7.11 Å². The molecule has 3 nitrogen and oxygen atoms in total. The van der Waals surface area contributed by atoms with Crippen LogP contribution in [-0.2, 0) is 4.74 Å². The molecule has 2 rings (SSSR count). The molecule has 2 atom stereocenters. The zero-order valence-electron chi connectivity index (χ0n) is 11.6. The molecule has 0 bridgehead atoms. The first-order valence-electron chi connectivity index (χ1n) is 6.77. The zero-order valence-corrected chi connectivity index (χ0v) is 11.6. The molecule has 3 heteroatoms. The molecule has 19 heavy (non-hydrogen) atoms. The molecule has 0 spiro atoms. The molecule has 0 heterocycles. The molecule has 2 aromatic rings. The normalized spacial score (nSPS) is 14.5. The van der Waals surface area contributed by atoms with Crippen LogP contribution in [0.25, 0.3) is 10.8 Å². The number of methoxy groups -OCH3 is 1. The second-order valence-corrected chi connectivity index (χ2v) is 4.81. The summed E-state index contributed by atoms with van der Waals surface area (Å²) in [5, 5.41) is 2.47. The first-order chi connectivity index (χ1) is 9.30. The Labute approximate surface area is 114 Å². The molecule has 2 aromatic carbocycles. The molecular weight excluding hydrogens is 236 g/mol. The SMILES string of the molecule is CCCC(OC)C(NN)c1ccc2ccccc2c1. The van der Waals surface area contributed by atoms with E-state index >= 15 is 0 Å². The van der Waals surface area contributed by atoms with Crippen molar-refractivity contribution in [1.82, 2.24) is 5.43 Å². The summed E-state index contributed by atoms with van der Waals surface area (Å²) in [6.07, 6.45) is 2.15. The average Bonchev–Trinajstić information content (AvgIpc) is 2.47. The number of hydrazine groups is 1. The van der Waals surface area contributed by atoms with E-state index in [4.69, 9.17) is 10.6 Å². The summed E-state index contributed by atoms with van der Waals surface area (Å²) in [6.45, 7) is 2.15. The predicted molar refractivity (Wildman–Crippen MR) is 79.7 cm³/mol. The van der Waals surface area contributed by atoms with E-state index in [-0.39, 0.29) is 12.1 Å². The number of benzene rings is 2.